The second-order valence-electron chi connectivity index (χ2n) is 6.51. The fourth-order valence-corrected chi connectivity index (χ4v) is 3.96. The number of hydrogen-bond acceptors (Lipinski definition) is 3. The second kappa shape index (κ2) is 5.57. The van der Waals surface area contributed by atoms with Crippen molar-refractivity contribution in [3.05, 3.63) is 24.3 Å². The van der Waals surface area contributed by atoms with Crippen LogP contribution in [0.4, 0.5) is 10.5 Å². The summed E-state index contributed by atoms with van der Waals surface area (Å²) in [6.45, 7) is 0. The third-order valence-corrected chi connectivity index (χ3v) is 6.16. The molecular formula is C16H22N2O3S. The molecule has 0 aliphatic heterocycles. The Morgan fingerprint density at radius 2 is 1.77 bits per heavy atom. The molecule has 0 spiro atoms. The van der Waals surface area contributed by atoms with E-state index < -0.39 is 9.84 Å². The lowest BCUT2D eigenvalue weighted by Gasteiger charge is -2.51. The average molecular weight is 322 g/mol. The van der Waals surface area contributed by atoms with Crippen LogP contribution in [0.2, 0.25) is 0 Å². The Hall–Kier alpha value is -1.56. The number of nitrogens with one attached hydrogen (secondary N) is 2. The molecule has 22 heavy (non-hydrogen) atoms. The van der Waals surface area contributed by atoms with Gasteiger partial charge in [0, 0.05) is 17.5 Å². The molecule has 120 valence electrons. The molecule has 0 bridgehead atoms. The van der Waals surface area contributed by atoms with Crippen molar-refractivity contribution in [1.82, 2.24) is 5.32 Å². The highest BCUT2D eigenvalue weighted by molar-refractivity contribution is 7.90. The van der Waals surface area contributed by atoms with Crippen LogP contribution in [0.1, 0.15) is 38.5 Å². The first-order chi connectivity index (χ1) is 10.4. The van der Waals surface area contributed by atoms with Gasteiger partial charge in [0.1, 0.15) is 0 Å². The number of sulfone groups is 1. The zero-order valence-electron chi connectivity index (χ0n) is 12.8. The van der Waals surface area contributed by atoms with Gasteiger partial charge in [-0.05, 0) is 62.3 Å². The van der Waals surface area contributed by atoms with E-state index >= 15 is 0 Å². The van der Waals surface area contributed by atoms with E-state index in [1.54, 1.807) is 12.1 Å². The summed E-state index contributed by atoms with van der Waals surface area (Å²) in [5.74, 6) is 0.625. The van der Waals surface area contributed by atoms with Crippen LogP contribution in [-0.4, -0.2) is 26.2 Å². The SMILES string of the molecule is CS(=O)(=O)c1ccc(NC(=O)NC2(C3CCC3)CCC2)cc1. The highest BCUT2D eigenvalue weighted by atomic mass is 32.2. The van der Waals surface area contributed by atoms with Crippen LogP contribution in [0.3, 0.4) is 0 Å². The molecule has 2 saturated carbocycles. The maximum Gasteiger partial charge on any atom is 0.319 e. The summed E-state index contributed by atoms with van der Waals surface area (Å²) in [7, 11) is -3.21. The monoisotopic (exact) mass is 322 g/mol. The fourth-order valence-electron chi connectivity index (χ4n) is 3.33. The topological polar surface area (TPSA) is 75.3 Å². The van der Waals surface area contributed by atoms with Crippen molar-refractivity contribution < 1.29 is 13.2 Å². The van der Waals surface area contributed by atoms with Crippen molar-refractivity contribution in [2.24, 2.45) is 5.92 Å². The third-order valence-electron chi connectivity index (χ3n) is 5.04. The van der Waals surface area contributed by atoms with E-state index in [1.165, 1.54) is 44.1 Å². The quantitative estimate of drug-likeness (QED) is 0.895. The Bertz CT molecular complexity index is 659. The van der Waals surface area contributed by atoms with E-state index in [1.807, 2.05) is 0 Å². The van der Waals surface area contributed by atoms with Crippen molar-refractivity contribution in [1.29, 1.82) is 0 Å². The number of anilines is 1. The second-order valence-corrected chi connectivity index (χ2v) is 8.53. The number of hydrogen-bond donors (Lipinski definition) is 2. The molecular weight excluding hydrogens is 300 g/mol. The van der Waals surface area contributed by atoms with E-state index in [-0.39, 0.29) is 16.5 Å². The van der Waals surface area contributed by atoms with Crippen molar-refractivity contribution in [2.75, 3.05) is 11.6 Å². The first-order valence-corrected chi connectivity index (χ1v) is 9.67. The van der Waals surface area contributed by atoms with Crippen LogP contribution in [0.15, 0.2) is 29.2 Å². The maximum absolute atomic E-state index is 12.2. The van der Waals surface area contributed by atoms with Gasteiger partial charge in [-0.3, -0.25) is 0 Å². The van der Waals surface area contributed by atoms with Crippen molar-refractivity contribution in [3.63, 3.8) is 0 Å². The van der Waals surface area contributed by atoms with Gasteiger partial charge in [0.2, 0.25) is 0 Å². The van der Waals surface area contributed by atoms with Crippen molar-refractivity contribution >= 4 is 21.6 Å². The van der Waals surface area contributed by atoms with Gasteiger partial charge in [-0.15, -0.1) is 0 Å². The molecule has 6 heteroatoms. The molecule has 2 aliphatic carbocycles. The van der Waals surface area contributed by atoms with Gasteiger partial charge in [0.05, 0.1) is 4.90 Å². The number of amides is 2. The van der Waals surface area contributed by atoms with E-state index in [2.05, 4.69) is 10.6 Å². The van der Waals surface area contributed by atoms with Crippen LogP contribution in [0.25, 0.3) is 0 Å². The highest BCUT2D eigenvalue weighted by Crippen LogP contribution is 2.47. The molecule has 0 radical (unpaired) electrons. The molecule has 3 rings (SSSR count). The zero-order chi connectivity index (χ0) is 15.8. The smallest absolute Gasteiger partial charge is 0.319 e. The lowest BCUT2D eigenvalue weighted by molar-refractivity contribution is 0.0625. The standard InChI is InChI=1S/C16H22N2O3S/c1-22(20,21)14-8-6-13(7-9-14)17-15(19)18-16(10-3-11-16)12-4-2-5-12/h6-9,12H,2-5,10-11H2,1H3,(H2,17,18,19). The predicted octanol–water partition coefficient (Wildman–Crippen LogP) is 2.93. The summed E-state index contributed by atoms with van der Waals surface area (Å²) in [5, 5.41) is 5.96. The molecule has 0 atom stereocenters. The van der Waals surface area contributed by atoms with Gasteiger partial charge in [-0.2, -0.15) is 0 Å². The summed E-state index contributed by atoms with van der Waals surface area (Å²) in [6.07, 6.45) is 8.17. The predicted molar refractivity (Wildman–Crippen MR) is 85.6 cm³/mol. The molecule has 2 fully saturated rings. The number of rotatable bonds is 4. The van der Waals surface area contributed by atoms with Crippen LogP contribution in [0.5, 0.6) is 0 Å². The molecule has 0 aromatic heterocycles. The van der Waals surface area contributed by atoms with Gasteiger partial charge < -0.3 is 10.6 Å². The molecule has 2 aliphatic rings. The van der Waals surface area contributed by atoms with E-state index in [9.17, 15) is 13.2 Å². The number of carbonyl (C=O) groups excluding carboxylic acids is 1. The third kappa shape index (κ3) is 2.97. The van der Waals surface area contributed by atoms with Crippen molar-refractivity contribution in [3.8, 4) is 0 Å². The Balaban J connectivity index is 1.62. The lowest BCUT2D eigenvalue weighted by atomic mass is 9.61. The summed E-state index contributed by atoms with van der Waals surface area (Å²) >= 11 is 0. The average Bonchev–Trinajstić information content (AvgIpc) is 2.33. The maximum atomic E-state index is 12.2. The number of urea groups is 1. The molecule has 0 heterocycles. The van der Waals surface area contributed by atoms with Crippen molar-refractivity contribution in [2.45, 2.75) is 49.0 Å². The van der Waals surface area contributed by atoms with Crippen LogP contribution in [0, 0.1) is 5.92 Å². The Kier molecular flexibility index (Phi) is 3.89. The molecule has 0 saturated heterocycles. The largest absolute Gasteiger partial charge is 0.332 e. The number of carbonyl (C=O) groups is 1. The van der Waals surface area contributed by atoms with Gasteiger partial charge in [0.25, 0.3) is 0 Å². The zero-order valence-corrected chi connectivity index (χ0v) is 13.6. The van der Waals surface area contributed by atoms with Gasteiger partial charge in [-0.1, -0.05) is 6.42 Å². The molecule has 5 nitrogen and oxygen atoms in total. The highest BCUT2D eigenvalue weighted by Gasteiger charge is 2.47. The van der Waals surface area contributed by atoms with Gasteiger partial charge in [-0.25, -0.2) is 13.2 Å². The van der Waals surface area contributed by atoms with Crippen LogP contribution >= 0.6 is 0 Å². The minimum absolute atomic E-state index is 0.00493. The summed E-state index contributed by atoms with van der Waals surface area (Å²) in [6, 6.07) is 6.06. The molecule has 2 amide bonds. The minimum Gasteiger partial charge on any atom is -0.332 e. The number of benzene rings is 1. The molecule has 1 aromatic carbocycles. The fraction of sp³-hybridized carbons (Fsp3) is 0.562. The van der Waals surface area contributed by atoms with Gasteiger partial charge >= 0.3 is 6.03 Å². The molecule has 1 aromatic rings. The summed E-state index contributed by atoms with van der Waals surface area (Å²) in [4.78, 5) is 12.5. The van der Waals surface area contributed by atoms with E-state index in [0.717, 1.165) is 12.8 Å². The van der Waals surface area contributed by atoms with Crippen LogP contribution < -0.4 is 10.6 Å². The molecule has 0 unspecified atom stereocenters. The normalized spacial score (nSPS) is 20.6. The Morgan fingerprint density at radius 3 is 2.18 bits per heavy atom. The van der Waals surface area contributed by atoms with E-state index in [0.29, 0.717) is 11.6 Å². The first-order valence-electron chi connectivity index (χ1n) is 7.78. The first kappa shape index (κ1) is 15.3. The Labute approximate surface area is 131 Å². The van der Waals surface area contributed by atoms with E-state index in [4.69, 9.17) is 0 Å². The minimum atomic E-state index is -3.21. The Morgan fingerprint density at radius 1 is 1.14 bits per heavy atom. The van der Waals surface area contributed by atoms with Gasteiger partial charge in [0.15, 0.2) is 9.84 Å². The summed E-state index contributed by atoms with van der Waals surface area (Å²) < 4.78 is 22.8. The lowest BCUT2D eigenvalue weighted by Crippen LogP contribution is -2.60. The van der Waals surface area contributed by atoms with Crippen LogP contribution in [-0.2, 0) is 9.84 Å². The molecule has 2 N–H and O–H groups in total. The summed E-state index contributed by atoms with van der Waals surface area (Å²) in [5.41, 5.74) is 0.600.